The van der Waals surface area contributed by atoms with Crippen LogP contribution in [0.5, 0.6) is 0 Å². The Bertz CT molecular complexity index is 426. The summed E-state index contributed by atoms with van der Waals surface area (Å²) in [5.41, 5.74) is 7.78. The number of primary amides is 1. The molecule has 2 rings (SSSR count). The Kier molecular flexibility index (Phi) is 3.81. The van der Waals surface area contributed by atoms with Gasteiger partial charge in [-0.25, -0.2) is 0 Å². The summed E-state index contributed by atoms with van der Waals surface area (Å²) in [6.07, 6.45) is 6.66. The number of unbranched alkanes of at least 4 members (excludes halogenated alkanes) is 1. The third kappa shape index (κ3) is 3.34. The molecular formula is C14H18N2O. The number of hydrogen-bond acceptors (Lipinski definition) is 2. The molecule has 1 heterocycles. The van der Waals surface area contributed by atoms with Gasteiger partial charge in [-0.15, -0.1) is 0 Å². The van der Waals surface area contributed by atoms with Crippen molar-refractivity contribution in [3.8, 4) is 0 Å². The van der Waals surface area contributed by atoms with Gasteiger partial charge < -0.3 is 10.6 Å². The van der Waals surface area contributed by atoms with E-state index < -0.39 is 0 Å². The Labute approximate surface area is 102 Å². The molecule has 0 aromatic heterocycles. The highest BCUT2D eigenvalue weighted by Gasteiger charge is 2.09. The van der Waals surface area contributed by atoms with Crippen LogP contribution < -0.4 is 5.73 Å². The molecular weight excluding hydrogens is 212 g/mol. The highest BCUT2D eigenvalue weighted by Crippen LogP contribution is 2.19. The predicted molar refractivity (Wildman–Crippen MR) is 68.9 cm³/mol. The Morgan fingerprint density at radius 3 is 2.94 bits per heavy atom. The van der Waals surface area contributed by atoms with E-state index in [1.54, 1.807) is 0 Å². The Hall–Kier alpha value is -1.77. The number of nitrogens with two attached hydrogens (primary N) is 1. The molecule has 90 valence electrons. The average Bonchev–Trinajstić information content (AvgIpc) is 2.34. The van der Waals surface area contributed by atoms with E-state index in [2.05, 4.69) is 41.4 Å². The van der Waals surface area contributed by atoms with Crippen molar-refractivity contribution in [2.45, 2.75) is 25.8 Å². The largest absolute Gasteiger partial charge is 0.373 e. The molecule has 0 atom stereocenters. The minimum atomic E-state index is -0.204. The first-order valence-electron chi connectivity index (χ1n) is 6.04. The molecule has 1 aliphatic heterocycles. The SMILES string of the molecule is NC(=O)CCCCN1C=Cc2ccccc2C1. The number of fused-ring (bicyclic) bond motifs is 1. The number of amides is 1. The Morgan fingerprint density at radius 1 is 1.29 bits per heavy atom. The zero-order valence-electron chi connectivity index (χ0n) is 9.93. The summed E-state index contributed by atoms with van der Waals surface area (Å²) in [7, 11) is 0. The van der Waals surface area contributed by atoms with Gasteiger partial charge in [-0.05, 0) is 36.2 Å². The lowest BCUT2D eigenvalue weighted by atomic mass is 10.0. The molecule has 0 aliphatic carbocycles. The molecule has 3 heteroatoms. The summed E-state index contributed by atoms with van der Waals surface area (Å²) < 4.78 is 0. The molecule has 1 amide bonds. The van der Waals surface area contributed by atoms with Crippen LogP contribution in [0.2, 0.25) is 0 Å². The molecule has 0 saturated carbocycles. The first kappa shape index (κ1) is 11.7. The maximum absolute atomic E-state index is 10.6. The summed E-state index contributed by atoms with van der Waals surface area (Å²) in [5.74, 6) is -0.204. The number of benzene rings is 1. The standard InChI is InChI=1S/C14H18N2O/c15-14(17)7-3-4-9-16-10-8-12-5-1-2-6-13(12)11-16/h1-2,5-6,8,10H,3-4,7,9,11H2,(H2,15,17). The van der Waals surface area contributed by atoms with Gasteiger partial charge in [0, 0.05) is 19.5 Å². The van der Waals surface area contributed by atoms with E-state index in [1.165, 1.54) is 11.1 Å². The lowest BCUT2D eigenvalue weighted by Gasteiger charge is -2.25. The van der Waals surface area contributed by atoms with Crippen LogP contribution in [0.15, 0.2) is 30.5 Å². The number of carbonyl (C=O) groups excluding carboxylic acids is 1. The number of carbonyl (C=O) groups is 1. The van der Waals surface area contributed by atoms with Crippen molar-refractivity contribution in [2.24, 2.45) is 5.73 Å². The van der Waals surface area contributed by atoms with Gasteiger partial charge >= 0.3 is 0 Å². The summed E-state index contributed by atoms with van der Waals surface area (Å²) in [6, 6.07) is 8.43. The van der Waals surface area contributed by atoms with Crippen molar-refractivity contribution in [3.63, 3.8) is 0 Å². The minimum absolute atomic E-state index is 0.204. The second kappa shape index (κ2) is 5.53. The van der Waals surface area contributed by atoms with Gasteiger partial charge in [-0.1, -0.05) is 24.3 Å². The van der Waals surface area contributed by atoms with Crippen molar-refractivity contribution in [1.82, 2.24) is 4.90 Å². The summed E-state index contributed by atoms with van der Waals surface area (Å²) in [5, 5.41) is 0. The van der Waals surface area contributed by atoms with Crippen LogP contribution in [-0.2, 0) is 11.3 Å². The Morgan fingerprint density at radius 2 is 2.12 bits per heavy atom. The second-order valence-corrected chi connectivity index (χ2v) is 4.41. The molecule has 0 radical (unpaired) electrons. The molecule has 0 bridgehead atoms. The summed E-state index contributed by atoms with van der Waals surface area (Å²) in [6.45, 7) is 1.95. The van der Waals surface area contributed by atoms with Gasteiger partial charge in [-0.3, -0.25) is 4.79 Å². The molecule has 1 aromatic carbocycles. The van der Waals surface area contributed by atoms with Crippen molar-refractivity contribution in [2.75, 3.05) is 6.54 Å². The maximum Gasteiger partial charge on any atom is 0.217 e. The highest BCUT2D eigenvalue weighted by atomic mass is 16.1. The van der Waals surface area contributed by atoms with Crippen LogP contribution in [0.1, 0.15) is 30.4 Å². The van der Waals surface area contributed by atoms with Crippen LogP contribution in [-0.4, -0.2) is 17.4 Å². The van der Waals surface area contributed by atoms with E-state index in [0.29, 0.717) is 6.42 Å². The number of nitrogens with zero attached hydrogens (tertiary/aromatic N) is 1. The van der Waals surface area contributed by atoms with E-state index in [-0.39, 0.29) is 5.91 Å². The van der Waals surface area contributed by atoms with Gasteiger partial charge in [0.25, 0.3) is 0 Å². The highest BCUT2D eigenvalue weighted by molar-refractivity contribution is 5.73. The summed E-state index contributed by atoms with van der Waals surface area (Å²) in [4.78, 5) is 12.9. The number of hydrogen-bond donors (Lipinski definition) is 1. The van der Waals surface area contributed by atoms with E-state index in [4.69, 9.17) is 5.73 Å². The van der Waals surface area contributed by atoms with E-state index in [1.807, 2.05) is 0 Å². The average molecular weight is 230 g/mol. The zero-order chi connectivity index (χ0) is 12.1. The quantitative estimate of drug-likeness (QED) is 0.788. The monoisotopic (exact) mass is 230 g/mol. The molecule has 0 saturated heterocycles. The van der Waals surface area contributed by atoms with Crippen molar-refractivity contribution < 1.29 is 4.79 Å². The normalized spacial score (nSPS) is 13.5. The molecule has 17 heavy (non-hydrogen) atoms. The first-order valence-corrected chi connectivity index (χ1v) is 6.04. The van der Waals surface area contributed by atoms with Gasteiger partial charge in [0.1, 0.15) is 0 Å². The van der Waals surface area contributed by atoms with Gasteiger partial charge in [0.05, 0.1) is 0 Å². The topological polar surface area (TPSA) is 46.3 Å². The van der Waals surface area contributed by atoms with Gasteiger partial charge in [0.2, 0.25) is 5.91 Å². The lowest BCUT2D eigenvalue weighted by Crippen LogP contribution is -2.21. The zero-order valence-corrected chi connectivity index (χ0v) is 9.93. The van der Waals surface area contributed by atoms with Crippen LogP contribution in [0.4, 0.5) is 0 Å². The molecule has 3 nitrogen and oxygen atoms in total. The van der Waals surface area contributed by atoms with E-state index >= 15 is 0 Å². The van der Waals surface area contributed by atoms with Crippen molar-refractivity contribution in [3.05, 3.63) is 41.6 Å². The minimum Gasteiger partial charge on any atom is -0.373 e. The van der Waals surface area contributed by atoms with Crippen LogP contribution in [0, 0.1) is 0 Å². The van der Waals surface area contributed by atoms with Crippen molar-refractivity contribution >= 4 is 12.0 Å². The lowest BCUT2D eigenvalue weighted by molar-refractivity contribution is -0.118. The fourth-order valence-corrected chi connectivity index (χ4v) is 2.07. The molecule has 1 aliphatic rings. The van der Waals surface area contributed by atoms with Crippen molar-refractivity contribution in [1.29, 1.82) is 0 Å². The third-order valence-corrected chi connectivity index (χ3v) is 3.01. The molecule has 1 aromatic rings. The van der Waals surface area contributed by atoms with Crippen LogP contribution in [0.25, 0.3) is 6.08 Å². The fraction of sp³-hybridized carbons (Fsp3) is 0.357. The molecule has 0 spiro atoms. The van der Waals surface area contributed by atoms with Crippen LogP contribution >= 0.6 is 0 Å². The van der Waals surface area contributed by atoms with Gasteiger partial charge in [0.15, 0.2) is 0 Å². The molecule has 2 N–H and O–H groups in total. The summed E-state index contributed by atoms with van der Waals surface area (Å²) >= 11 is 0. The molecule has 0 fully saturated rings. The number of rotatable bonds is 5. The Balaban J connectivity index is 1.81. The fourth-order valence-electron chi connectivity index (χ4n) is 2.07. The maximum atomic E-state index is 10.6. The van der Waals surface area contributed by atoms with E-state index in [0.717, 1.165) is 25.9 Å². The van der Waals surface area contributed by atoms with Crippen LogP contribution in [0.3, 0.4) is 0 Å². The van der Waals surface area contributed by atoms with E-state index in [9.17, 15) is 4.79 Å². The van der Waals surface area contributed by atoms with Gasteiger partial charge in [-0.2, -0.15) is 0 Å². The third-order valence-electron chi connectivity index (χ3n) is 3.01. The first-order chi connectivity index (χ1) is 8.25. The second-order valence-electron chi connectivity index (χ2n) is 4.41. The smallest absolute Gasteiger partial charge is 0.217 e. The molecule has 0 unspecified atom stereocenters. The predicted octanol–water partition coefficient (Wildman–Crippen LogP) is 2.13.